The van der Waals surface area contributed by atoms with E-state index in [-0.39, 0.29) is 5.91 Å². The Balaban J connectivity index is 0.000000519. The molecule has 0 spiro atoms. The maximum atomic E-state index is 11.3. The predicted octanol–water partition coefficient (Wildman–Crippen LogP) is 14.6. The van der Waals surface area contributed by atoms with E-state index in [2.05, 4.69) is 78.6 Å². The number of methoxy groups -OCH3 is 10. The molecule has 0 radical (unpaired) electrons. The van der Waals surface area contributed by atoms with Crippen molar-refractivity contribution >= 4 is 5.91 Å². The zero-order chi connectivity index (χ0) is 102. The van der Waals surface area contributed by atoms with E-state index in [1.807, 2.05) is 130 Å². The Labute approximate surface area is 824 Å². The van der Waals surface area contributed by atoms with Crippen LogP contribution < -0.4 is 5.32 Å². The summed E-state index contributed by atoms with van der Waals surface area (Å²) in [6, 6.07) is 20.0. The Kier molecular flexibility index (Phi) is 77.5. The van der Waals surface area contributed by atoms with Gasteiger partial charge < -0.3 is 127 Å². The van der Waals surface area contributed by atoms with E-state index in [0.29, 0.717) is 92.4 Å². The fourth-order valence-corrected chi connectivity index (χ4v) is 12.6. The van der Waals surface area contributed by atoms with Gasteiger partial charge in [0.1, 0.15) is 74.7 Å². The molecule has 0 aliphatic carbocycles. The number of unbranched alkanes of at least 4 members (excludes halogenated alkanes) is 3. The van der Waals surface area contributed by atoms with Crippen LogP contribution in [0.3, 0.4) is 0 Å². The lowest BCUT2D eigenvalue weighted by molar-refractivity contribution is -0.122. The van der Waals surface area contributed by atoms with Crippen molar-refractivity contribution in [2.24, 2.45) is 0 Å². The molecule has 2 saturated heterocycles. The van der Waals surface area contributed by atoms with Crippen LogP contribution in [-0.4, -0.2) is 322 Å². The summed E-state index contributed by atoms with van der Waals surface area (Å²) in [5.74, 6) is 8.63. The first-order valence-corrected chi connectivity index (χ1v) is 47.8. The fourth-order valence-electron chi connectivity index (χ4n) is 12.6. The molecular weight excluding hydrogens is 1800 g/mol. The molecule has 40 heteroatoms. The van der Waals surface area contributed by atoms with Gasteiger partial charge in [0, 0.05) is 256 Å². The van der Waals surface area contributed by atoms with E-state index < -0.39 is 0 Å². The number of amides is 1. The molecule has 40 nitrogen and oxygen atoms in total. The molecule has 0 aromatic carbocycles. The second-order valence-corrected chi connectivity index (χ2v) is 32.6. The van der Waals surface area contributed by atoms with Crippen LogP contribution in [0.2, 0.25) is 0 Å². The van der Waals surface area contributed by atoms with Crippen molar-refractivity contribution in [3.05, 3.63) is 175 Å². The van der Waals surface area contributed by atoms with Crippen molar-refractivity contribution in [2.45, 2.75) is 211 Å². The van der Waals surface area contributed by atoms with E-state index in [0.717, 1.165) is 276 Å². The molecule has 10 aromatic heterocycles. The number of nitrogens with zero attached hydrogens (tertiary/aromatic N) is 13. The summed E-state index contributed by atoms with van der Waals surface area (Å²) >= 11 is 0. The van der Waals surface area contributed by atoms with Crippen LogP contribution in [0.1, 0.15) is 185 Å². The number of piperazine rings is 1. The van der Waals surface area contributed by atoms with Crippen LogP contribution in [0.25, 0.3) is 0 Å². The van der Waals surface area contributed by atoms with E-state index in [1.54, 1.807) is 78.1 Å². The third-order valence-corrected chi connectivity index (χ3v) is 19.8. The standard InChI is InChI=1S/C13H26N4O.2C10H17NO3.C10H17NO2.2C9H15NO3.C9H15NO2.C8H13NO3.C8H13NO2.C7H11NO2.C6H9NO2/c1-14-13(18)11-16-5-3-12(4-6-16)17-9-7-15(2)8-10-17;1-9-8-10(11-14-9)4-7-13-6-3-5-12-2;1-9-8-10(11-14-9)4-3-5-13-7-6-12-2;1-9-8-10(11-13-9)6-4-3-5-7-12-2;1-8-7-9(10-13-8)3-4-12-6-5-11-2;1-8-6-9(10-13-8)7-12-5-3-4-11-2;1-8-7-9(10-12-8)5-3-4-6-11-2;1-7-5-8(9-12-7)6-11-4-3-10-2;1-7-6-8(9-11-7)4-3-5-10-2;1-6-5-7(8-10-6)3-4-9-2;1-5-3-6(4-8-2)7-9-5/h12H,3-11H2,1-2H3,(H,14,18);2*8H,3-7H2,1-2H3;8H,3-7H2,1-2H3;7H,3-6H2,1-2H3;6H,3-5,7H2,1-2H3;7H,3-6H2,1-2H3;5H,3-4,6H2,1-2H3;6H,3-5H2,1-2H3;5H,3-4H2,1-2H3;3H,4H2,1-2H3. The minimum atomic E-state index is 0.132. The molecule has 790 valence electrons. The molecule has 0 unspecified atom stereocenters. The van der Waals surface area contributed by atoms with Crippen LogP contribution in [0.15, 0.2) is 106 Å². The van der Waals surface area contributed by atoms with Crippen molar-refractivity contribution in [1.82, 2.24) is 71.6 Å². The highest BCUT2D eigenvalue weighted by molar-refractivity contribution is 5.77. The lowest BCUT2D eigenvalue weighted by Gasteiger charge is -2.41. The first-order valence-electron chi connectivity index (χ1n) is 47.8. The van der Waals surface area contributed by atoms with E-state index >= 15 is 0 Å². The SMILES string of the molecule is CNC(=O)CN1CCC(N2CCN(C)CC2)CC1.COCCCCCc1cc(C)on1.COCCCCc1cc(C)on1.COCCCOCCc1cc(C)on1.COCCCOCc1cc(C)on1.COCCCc1cc(C)on1.COCCOCCCc1cc(C)on1.COCCOCCc1cc(C)on1.COCCOCc1cc(C)on1.COCCc1cc(C)on1.COCc1cc(C)on1. The quantitative estimate of drug-likeness (QED) is 0.0346. The number of carbonyl (C=O) groups is 1. The van der Waals surface area contributed by atoms with Crippen LogP contribution in [0, 0.1) is 69.2 Å². The summed E-state index contributed by atoms with van der Waals surface area (Å²) in [6.45, 7) is 39.8. The Morgan fingerprint density at radius 3 is 0.871 bits per heavy atom. The number of hydrogen-bond donors (Lipinski definition) is 1. The molecule has 1 N–H and O–H groups in total. The van der Waals surface area contributed by atoms with Crippen molar-refractivity contribution in [2.75, 3.05) is 243 Å². The minimum Gasteiger partial charge on any atom is -0.385 e. The van der Waals surface area contributed by atoms with E-state index in [9.17, 15) is 4.79 Å². The number of aromatic nitrogens is 10. The summed E-state index contributed by atoms with van der Waals surface area (Å²) in [5, 5.41) is 41.1. The molecular formula is C99H168N14O26. The van der Waals surface area contributed by atoms with Gasteiger partial charge in [-0.15, -0.1) is 0 Å². The molecule has 2 aliphatic heterocycles. The number of aryl methyl sites for hydroxylation is 14. The van der Waals surface area contributed by atoms with Gasteiger partial charge in [-0.25, -0.2) is 0 Å². The maximum absolute atomic E-state index is 11.3. The molecule has 0 saturated carbocycles. The summed E-state index contributed by atoms with van der Waals surface area (Å²) in [7, 11) is 20.7. The van der Waals surface area contributed by atoms with E-state index in [4.69, 9.17) is 116 Å². The topological polar surface area (TPSA) is 438 Å². The summed E-state index contributed by atoms with van der Waals surface area (Å²) in [4.78, 5) is 18.6. The van der Waals surface area contributed by atoms with E-state index in [1.165, 1.54) is 45.4 Å². The maximum Gasteiger partial charge on any atom is 0.233 e. The predicted molar refractivity (Wildman–Crippen MR) is 522 cm³/mol. The monoisotopic (exact) mass is 1970 g/mol. The molecule has 10 aromatic rings. The molecule has 139 heavy (non-hydrogen) atoms. The van der Waals surface area contributed by atoms with Crippen molar-refractivity contribution in [1.29, 1.82) is 0 Å². The lowest BCUT2D eigenvalue weighted by atomic mass is 10.0. The van der Waals surface area contributed by atoms with Gasteiger partial charge in [-0.05, 0) is 166 Å². The Morgan fingerprint density at radius 2 is 0.532 bits per heavy atom. The second kappa shape index (κ2) is 85.6. The number of hydrogen-bond acceptors (Lipinski definition) is 39. The molecule has 12 rings (SSSR count). The van der Waals surface area contributed by atoms with Crippen molar-refractivity contribution in [3.8, 4) is 0 Å². The van der Waals surface area contributed by atoms with Gasteiger partial charge >= 0.3 is 0 Å². The fraction of sp³-hybridized carbons (Fsp3) is 0.687. The normalized spacial score (nSPS) is 12.4. The number of ether oxygens (including phenoxy) is 15. The summed E-state index contributed by atoms with van der Waals surface area (Å²) < 4.78 is 124. The zero-order valence-electron chi connectivity index (χ0n) is 87.6. The van der Waals surface area contributed by atoms with Crippen molar-refractivity contribution < 1.29 is 121 Å². The third-order valence-electron chi connectivity index (χ3n) is 19.8. The first kappa shape index (κ1) is 126. The largest absolute Gasteiger partial charge is 0.385 e. The van der Waals surface area contributed by atoms with Gasteiger partial charge in [0.25, 0.3) is 0 Å². The van der Waals surface area contributed by atoms with Gasteiger partial charge in [0.15, 0.2) is 0 Å². The minimum absolute atomic E-state index is 0.132. The number of piperidine rings is 1. The van der Waals surface area contributed by atoms with Gasteiger partial charge in [0.2, 0.25) is 5.91 Å². The summed E-state index contributed by atoms with van der Waals surface area (Å²) in [6.07, 6.45) is 18.2. The van der Waals surface area contributed by atoms with Crippen LogP contribution in [0.5, 0.6) is 0 Å². The summed E-state index contributed by atoms with van der Waals surface area (Å²) in [5.41, 5.74) is 9.48. The first-order chi connectivity index (χ1) is 67.4. The molecule has 12 heterocycles. The van der Waals surface area contributed by atoms with Crippen LogP contribution in [-0.2, 0) is 141 Å². The average molecular weight is 1970 g/mol. The number of rotatable bonds is 54. The highest BCUT2D eigenvalue weighted by Gasteiger charge is 2.27. The molecule has 0 atom stereocenters. The number of likely N-dealkylation sites (tertiary alicyclic amines) is 1. The Hall–Kier alpha value is -9.15. The van der Waals surface area contributed by atoms with Crippen molar-refractivity contribution in [3.63, 3.8) is 0 Å². The third kappa shape index (κ3) is 70.2. The molecule has 0 bridgehead atoms. The highest BCUT2D eigenvalue weighted by Crippen LogP contribution is 2.19. The van der Waals surface area contributed by atoms with Crippen LogP contribution >= 0.6 is 0 Å². The number of likely N-dealkylation sites (N-methyl/N-ethyl adjacent to an activating group) is 2. The van der Waals surface area contributed by atoms with Gasteiger partial charge in [-0.3, -0.25) is 14.6 Å². The molecule has 2 fully saturated rings. The Bertz CT molecular complexity index is 4140. The number of carbonyl (C=O) groups excluding carboxylic acids is 1. The zero-order valence-corrected chi connectivity index (χ0v) is 87.6. The average Bonchev–Trinajstić information content (AvgIpc) is 1.85. The molecule has 1 amide bonds. The smallest absolute Gasteiger partial charge is 0.233 e. The number of nitrogens with one attached hydrogen (secondary N) is 1. The van der Waals surface area contributed by atoms with Crippen LogP contribution in [0.4, 0.5) is 0 Å². The van der Waals surface area contributed by atoms with Gasteiger partial charge in [-0.1, -0.05) is 58.0 Å². The second-order valence-electron chi connectivity index (χ2n) is 32.6. The highest BCUT2D eigenvalue weighted by atomic mass is 16.5. The molecule has 2 aliphatic rings. The van der Waals surface area contributed by atoms with Gasteiger partial charge in [0.05, 0.1) is 126 Å². The van der Waals surface area contributed by atoms with Gasteiger partial charge in [-0.2, -0.15) is 0 Å². The lowest BCUT2D eigenvalue weighted by Crippen LogP contribution is -2.53. The Morgan fingerprint density at radius 1 is 0.273 bits per heavy atom.